The molecule has 0 aliphatic heterocycles. The zero-order valence-electron chi connectivity index (χ0n) is 11.0. The maximum atomic E-state index is 5.85. The van der Waals surface area contributed by atoms with Crippen LogP contribution in [0, 0.1) is 0 Å². The fourth-order valence-corrected chi connectivity index (χ4v) is 3.79. The van der Waals surface area contributed by atoms with Gasteiger partial charge in [0.2, 0.25) is 0 Å². The number of nitrogens with two attached hydrogens (primary N) is 1. The van der Waals surface area contributed by atoms with Gasteiger partial charge in [-0.25, -0.2) is 4.98 Å². The number of nitrogens with zero attached hydrogens (tertiary/aromatic N) is 1. The highest BCUT2D eigenvalue weighted by atomic mass is 32.1. The Balaban J connectivity index is 1.64. The van der Waals surface area contributed by atoms with Crippen molar-refractivity contribution in [2.75, 3.05) is 11.1 Å². The highest BCUT2D eigenvalue weighted by Crippen LogP contribution is 2.36. The molecule has 3 aromatic rings. The van der Waals surface area contributed by atoms with Gasteiger partial charge in [-0.2, -0.15) is 0 Å². The quantitative estimate of drug-likeness (QED) is 0.699. The van der Waals surface area contributed by atoms with Crippen LogP contribution in [0.5, 0.6) is 0 Å². The van der Waals surface area contributed by atoms with E-state index in [4.69, 9.17) is 5.73 Å². The molecule has 0 fully saturated rings. The first-order valence-corrected chi connectivity index (χ1v) is 7.62. The number of hydrogen-bond donors (Lipinski definition) is 2. The van der Waals surface area contributed by atoms with Crippen molar-refractivity contribution in [1.82, 2.24) is 4.98 Å². The van der Waals surface area contributed by atoms with Gasteiger partial charge < -0.3 is 11.1 Å². The summed E-state index contributed by atoms with van der Waals surface area (Å²) < 4.78 is 1.23. The summed E-state index contributed by atoms with van der Waals surface area (Å²) in [5.41, 5.74) is 10.5. The monoisotopic (exact) mass is 281 g/mol. The molecule has 0 radical (unpaired) electrons. The number of para-hydroxylation sites is 1. The van der Waals surface area contributed by atoms with E-state index in [1.807, 2.05) is 12.1 Å². The van der Waals surface area contributed by atoms with E-state index in [1.54, 1.807) is 11.3 Å². The molecule has 3 N–H and O–H groups in total. The van der Waals surface area contributed by atoms with Crippen LogP contribution < -0.4 is 11.1 Å². The van der Waals surface area contributed by atoms with Gasteiger partial charge in [-0.3, -0.25) is 0 Å². The lowest BCUT2D eigenvalue weighted by Crippen LogP contribution is -2.06. The number of anilines is 2. The van der Waals surface area contributed by atoms with Crippen LogP contribution in [0.4, 0.5) is 10.8 Å². The highest BCUT2D eigenvalue weighted by molar-refractivity contribution is 7.22. The van der Waals surface area contributed by atoms with E-state index in [-0.39, 0.29) is 0 Å². The number of aryl methyl sites for hydroxylation is 1. The average Bonchev–Trinajstić information content (AvgIpc) is 3.02. The molecule has 3 nitrogen and oxygen atoms in total. The molecule has 20 heavy (non-hydrogen) atoms. The summed E-state index contributed by atoms with van der Waals surface area (Å²) in [6.45, 7) is 0. The molecule has 4 rings (SSSR count). The number of benzene rings is 2. The van der Waals surface area contributed by atoms with Gasteiger partial charge in [0.1, 0.15) is 0 Å². The fraction of sp³-hybridized carbons (Fsp3) is 0.188. The van der Waals surface area contributed by atoms with E-state index >= 15 is 0 Å². The molecular weight excluding hydrogens is 266 g/mol. The summed E-state index contributed by atoms with van der Waals surface area (Å²) in [4.78, 5) is 4.65. The summed E-state index contributed by atoms with van der Waals surface area (Å²) in [6, 6.07) is 14.8. The molecule has 1 heterocycles. The molecule has 4 heteroatoms. The summed E-state index contributed by atoms with van der Waals surface area (Å²) in [7, 11) is 0. The smallest absolute Gasteiger partial charge is 0.184 e. The van der Waals surface area contributed by atoms with E-state index in [0.717, 1.165) is 29.2 Å². The second-order valence-corrected chi connectivity index (χ2v) is 6.21. The number of fused-ring (bicyclic) bond motifs is 2. The summed E-state index contributed by atoms with van der Waals surface area (Å²) >= 11 is 1.72. The van der Waals surface area contributed by atoms with Crippen molar-refractivity contribution >= 4 is 32.4 Å². The van der Waals surface area contributed by atoms with Gasteiger partial charge in [0.05, 0.1) is 16.3 Å². The minimum Gasteiger partial charge on any atom is -0.399 e. The number of rotatable bonds is 2. The van der Waals surface area contributed by atoms with Crippen LogP contribution in [0.25, 0.3) is 10.2 Å². The molecule has 1 atom stereocenters. The zero-order valence-corrected chi connectivity index (χ0v) is 11.8. The van der Waals surface area contributed by atoms with Crippen LogP contribution in [-0.4, -0.2) is 4.98 Å². The van der Waals surface area contributed by atoms with Gasteiger partial charge in [0.15, 0.2) is 5.13 Å². The van der Waals surface area contributed by atoms with E-state index in [9.17, 15) is 0 Å². The Morgan fingerprint density at radius 2 is 2.10 bits per heavy atom. The SMILES string of the molecule is Nc1ccc2c(c1)CCC2Nc1nc2ccccc2s1. The third kappa shape index (κ3) is 1.93. The topological polar surface area (TPSA) is 50.9 Å². The van der Waals surface area contributed by atoms with Gasteiger partial charge >= 0.3 is 0 Å². The van der Waals surface area contributed by atoms with Gasteiger partial charge in [0.25, 0.3) is 0 Å². The van der Waals surface area contributed by atoms with Crippen LogP contribution >= 0.6 is 11.3 Å². The Kier molecular flexibility index (Phi) is 2.63. The minimum atomic E-state index is 0.353. The predicted molar refractivity (Wildman–Crippen MR) is 85.2 cm³/mol. The van der Waals surface area contributed by atoms with E-state index in [2.05, 4.69) is 40.6 Å². The van der Waals surface area contributed by atoms with Gasteiger partial charge in [-0.05, 0) is 48.2 Å². The van der Waals surface area contributed by atoms with Crippen molar-refractivity contribution in [2.24, 2.45) is 0 Å². The lowest BCUT2D eigenvalue weighted by atomic mass is 10.1. The Bertz CT molecular complexity index is 745. The molecular formula is C16H15N3S. The summed E-state index contributed by atoms with van der Waals surface area (Å²) in [5.74, 6) is 0. The second-order valence-electron chi connectivity index (χ2n) is 5.18. The number of nitrogens with one attached hydrogen (secondary N) is 1. The summed E-state index contributed by atoms with van der Waals surface area (Å²) in [5, 5.41) is 4.57. The lowest BCUT2D eigenvalue weighted by molar-refractivity contribution is 0.761. The number of thiazole rings is 1. The Labute approximate surface area is 121 Å². The normalized spacial score (nSPS) is 17.3. The van der Waals surface area contributed by atoms with Crippen molar-refractivity contribution in [3.05, 3.63) is 53.6 Å². The Morgan fingerprint density at radius 3 is 3.00 bits per heavy atom. The summed E-state index contributed by atoms with van der Waals surface area (Å²) in [6.07, 6.45) is 2.19. The molecule has 2 aromatic carbocycles. The van der Waals surface area contributed by atoms with Crippen molar-refractivity contribution in [3.63, 3.8) is 0 Å². The van der Waals surface area contributed by atoms with Crippen molar-refractivity contribution in [2.45, 2.75) is 18.9 Å². The average molecular weight is 281 g/mol. The largest absolute Gasteiger partial charge is 0.399 e. The third-order valence-electron chi connectivity index (χ3n) is 3.84. The molecule has 0 saturated heterocycles. The predicted octanol–water partition coefficient (Wildman–Crippen LogP) is 3.98. The lowest BCUT2D eigenvalue weighted by Gasteiger charge is -2.12. The van der Waals surface area contributed by atoms with Crippen molar-refractivity contribution in [3.8, 4) is 0 Å². The van der Waals surface area contributed by atoms with E-state index < -0.39 is 0 Å². The molecule has 0 amide bonds. The van der Waals surface area contributed by atoms with E-state index in [0.29, 0.717) is 6.04 Å². The Morgan fingerprint density at radius 1 is 1.20 bits per heavy atom. The van der Waals surface area contributed by atoms with Crippen LogP contribution in [0.1, 0.15) is 23.6 Å². The van der Waals surface area contributed by atoms with Gasteiger partial charge in [0, 0.05) is 5.69 Å². The molecule has 100 valence electrons. The number of hydrogen-bond acceptors (Lipinski definition) is 4. The van der Waals surface area contributed by atoms with Crippen LogP contribution in [0.15, 0.2) is 42.5 Å². The Hall–Kier alpha value is -2.07. The maximum absolute atomic E-state index is 5.85. The van der Waals surface area contributed by atoms with Gasteiger partial charge in [-0.15, -0.1) is 0 Å². The second kappa shape index (κ2) is 4.49. The van der Waals surface area contributed by atoms with Crippen molar-refractivity contribution in [1.29, 1.82) is 0 Å². The van der Waals surface area contributed by atoms with Crippen LogP contribution in [0.3, 0.4) is 0 Å². The van der Waals surface area contributed by atoms with Crippen molar-refractivity contribution < 1.29 is 0 Å². The molecule has 1 aliphatic carbocycles. The van der Waals surface area contributed by atoms with E-state index in [1.165, 1.54) is 15.8 Å². The minimum absolute atomic E-state index is 0.353. The van der Waals surface area contributed by atoms with Crippen LogP contribution in [-0.2, 0) is 6.42 Å². The molecule has 1 aliphatic rings. The highest BCUT2D eigenvalue weighted by Gasteiger charge is 2.23. The first kappa shape index (κ1) is 11.7. The number of nitrogen functional groups attached to an aromatic ring is 1. The molecule has 0 spiro atoms. The molecule has 1 aromatic heterocycles. The fourth-order valence-electron chi connectivity index (χ4n) is 2.87. The van der Waals surface area contributed by atoms with Gasteiger partial charge in [-0.1, -0.05) is 29.5 Å². The third-order valence-corrected chi connectivity index (χ3v) is 4.80. The zero-order chi connectivity index (χ0) is 13.5. The first-order chi connectivity index (χ1) is 9.79. The molecule has 0 saturated carbocycles. The van der Waals surface area contributed by atoms with Crippen LogP contribution in [0.2, 0.25) is 0 Å². The first-order valence-electron chi connectivity index (χ1n) is 6.80. The molecule has 0 bridgehead atoms. The standard InChI is InChI=1S/C16H15N3S/c17-11-6-7-12-10(9-11)5-8-13(12)18-16-19-14-3-1-2-4-15(14)20-16/h1-4,6-7,9,13H,5,8,17H2,(H,18,19). The maximum Gasteiger partial charge on any atom is 0.184 e. The number of aromatic nitrogens is 1. The molecule has 1 unspecified atom stereocenters.